The van der Waals surface area contributed by atoms with Gasteiger partial charge in [-0.2, -0.15) is 0 Å². The Hall–Kier alpha value is -2.60. The molecule has 6 nitrogen and oxygen atoms in total. The van der Waals surface area contributed by atoms with Gasteiger partial charge in [0.05, 0.1) is 32.7 Å². The van der Waals surface area contributed by atoms with Crippen molar-refractivity contribution in [2.75, 3.05) is 38.5 Å². The summed E-state index contributed by atoms with van der Waals surface area (Å²) in [6.07, 6.45) is 0.278. The monoisotopic (exact) mass is 378 g/mol. The number of hydrogen-bond acceptors (Lipinski definition) is 5. The first-order valence-corrected chi connectivity index (χ1v) is 8.46. The van der Waals surface area contributed by atoms with Crippen LogP contribution in [0.2, 0.25) is 5.02 Å². The average molecular weight is 379 g/mol. The summed E-state index contributed by atoms with van der Waals surface area (Å²) in [6.45, 7) is 2.36. The molecular weight excluding hydrogens is 356 g/mol. The summed E-state index contributed by atoms with van der Waals surface area (Å²) >= 11 is 6.10. The molecule has 140 valence electrons. The van der Waals surface area contributed by atoms with Crippen molar-refractivity contribution in [3.8, 4) is 17.2 Å². The number of amides is 1. The van der Waals surface area contributed by atoms with Gasteiger partial charge in [-0.3, -0.25) is 4.79 Å². The fourth-order valence-electron chi connectivity index (χ4n) is 2.40. The van der Waals surface area contributed by atoms with Gasteiger partial charge in [-0.15, -0.1) is 0 Å². The number of nitrogens with one attached hydrogen (secondary N) is 2. The van der Waals surface area contributed by atoms with E-state index in [0.29, 0.717) is 34.5 Å². The number of anilines is 2. The van der Waals surface area contributed by atoms with Crippen LogP contribution in [0.4, 0.5) is 11.4 Å². The smallest absolute Gasteiger partial charge is 0.226 e. The molecule has 0 radical (unpaired) electrons. The van der Waals surface area contributed by atoms with Crippen LogP contribution in [-0.2, 0) is 4.79 Å². The lowest BCUT2D eigenvalue weighted by molar-refractivity contribution is -0.116. The number of benzene rings is 2. The maximum absolute atomic E-state index is 12.2. The van der Waals surface area contributed by atoms with Crippen molar-refractivity contribution >= 4 is 28.9 Å². The van der Waals surface area contributed by atoms with E-state index in [0.717, 1.165) is 11.3 Å². The van der Waals surface area contributed by atoms with Crippen LogP contribution in [0.5, 0.6) is 17.2 Å². The Morgan fingerprint density at radius 2 is 1.69 bits per heavy atom. The number of hydrogen-bond donors (Lipinski definition) is 2. The van der Waals surface area contributed by atoms with Crippen molar-refractivity contribution in [2.24, 2.45) is 0 Å². The third-order valence-electron chi connectivity index (χ3n) is 3.83. The minimum atomic E-state index is -0.134. The van der Waals surface area contributed by atoms with Crippen LogP contribution >= 0.6 is 11.6 Å². The van der Waals surface area contributed by atoms with Crippen molar-refractivity contribution in [1.29, 1.82) is 0 Å². The van der Waals surface area contributed by atoms with Crippen LogP contribution < -0.4 is 24.8 Å². The molecule has 0 unspecified atom stereocenters. The molecule has 0 heterocycles. The Morgan fingerprint density at radius 1 is 1.00 bits per heavy atom. The largest absolute Gasteiger partial charge is 0.497 e. The van der Waals surface area contributed by atoms with Gasteiger partial charge in [-0.05, 0) is 30.7 Å². The van der Waals surface area contributed by atoms with Crippen molar-refractivity contribution in [3.63, 3.8) is 0 Å². The van der Waals surface area contributed by atoms with E-state index >= 15 is 0 Å². The Balaban J connectivity index is 1.95. The molecule has 0 saturated heterocycles. The molecule has 0 aliphatic heterocycles. The van der Waals surface area contributed by atoms with Gasteiger partial charge in [0.15, 0.2) is 0 Å². The number of carbonyl (C=O) groups is 1. The second-order valence-corrected chi connectivity index (χ2v) is 6.00. The van der Waals surface area contributed by atoms with E-state index in [2.05, 4.69) is 10.6 Å². The zero-order valence-electron chi connectivity index (χ0n) is 15.3. The number of aryl methyl sites for hydroxylation is 1. The molecular formula is C19H23ClN2O4. The van der Waals surface area contributed by atoms with Gasteiger partial charge < -0.3 is 24.8 Å². The molecule has 0 bridgehead atoms. The van der Waals surface area contributed by atoms with Crippen LogP contribution in [-0.4, -0.2) is 33.8 Å². The molecule has 7 heteroatoms. The van der Waals surface area contributed by atoms with Gasteiger partial charge in [-0.25, -0.2) is 0 Å². The van der Waals surface area contributed by atoms with E-state index < -0.39 is 0 Å². The fraction of sp³-hybridized carbons (Fsp3) is 0.316. The fourth-order valence-corrected chi connectivity index (χ4v) is 2.55. The zero-order valence-corrected chi connectivity index (χ0v) is 16.1. The minimum Gasteiger partial charge on any atom is -0.497 e. The molecule has 0 fully saturated rings. The Morgan fingerprint density at radius 3 is 2.35 bits per heavy atom. The lowest BCUT2D eigenvalue weighted by Gasteiger charge is -2.14. The molecule has 2 N–H and O–H groups in total. The molecule has 2 rings (SSSR count). The Bertz CT molecular complexity index is 780. The second-order valence-electron chi connectivity index (χ2n) is 5.59. The van der Waals surface area contributed by atoms with Gasteiger partial charge in [0.25, 0.3) is 0 Å². The van der Waals surface area contributed by atoms with Crippen LogP contribution in [0.1, 0.15) is 12.0 Å². The summed E-state index contributed by atoms with van der Waals surface area (Å²) in [5.41, 5.74) is 2.32. The normalized spacial score (nSPS) is 10.2. The van der Waals surface area contributed by atoms with E-state index in [9.17, 15) is 4.79 Å². The van der Waals surface area contributed by atoms with Crippen molar-refractivity contribution in [2.45, 2.75) is 13.3 Å². The van der Waals surface area contributed by atoms with Crippen LogP contribution in [0.25, 0.3) is 0 Å². The Kier molecular flexibility index (Phi) is 6.97. The van der Waals surface area contributed by atoms with E-state index in [4.69, 9.17) is 25.8 Å². The van der Waals surface area contributed by atoms with Crippen molar-refractivity contribution < 1.29 is 19.0 Å². The van der Waals surface area contributed by atoms with Gasteiger partial charge in [0.2, 0.25) is 5.91 Å². The van der Waals surface area contributed by atoms with Crippen LogP contribution in [0, 0.1) is 6.92 Å². The third-order valence-corrected chi connectivity index (χ3v) is 4.24. The number of rotatable bonds is 8. The number of ether oxygens (including phenoxy) is 3. The minimum absolute atomic E-state index is 0.134. The van der Waals surface area contributed by atoms with Crippen LogP contribution in [0.3, 0.4) is 0 Å². The maximum Gasteiger partial charge on any atom is 0.226 e. The summed E-state index contributed by atoms with van der Waals surface area (Å²) in [5, 5.41) is 6.67. The highest BCUT2D eigenvalue weighted by Crippen LogP contribution is 2.31. The summed E-state index contributed by atoms with van der Waals surface area (Å²) in [6, 6.07) is 8.87. The molecule has 0 aliphatic rings. The number of methoxy groups -OCH3 is 3. The number of carbonyl (C=O) groups excluding carboxylic acids is 1. The average Bonchev–Trinajstić information content (AvgIpc) is 2.64. The molecule has 0 aliphatic carbocycles. The van der Waals surface area contributed by atoms with E-state index in [1.807, 2.05) is 13.0 Å². The molecule has 2 aromatic rings. The molecule has 26 heavy (non-hydrogen) atoms. The molecule has 0 atom stereocenters. The maximum atomic E-state index is 12.2. The number of halogens is 1. The van der Waals surface area contributed by atoms with Crippen molar-refractivity contribution in [3.05, 3.63) is 40.9 Å². The predicted molar refractivity (Wildman–Crippen MR) is 104 cm³/mol. The first-order valence-electron chi connectivity index (χ1n) is 8.08. The summed E-state index contributed by atoms with van der Waals surface area (Å²) < 4.78 is 15.7. The lowest BCUT2D eigenvalue weighted by atomic mass is 10.2. The highest BCUT2D eigenvalue weighted by atomic mass is 35.5. The SMILES string of the molecule is COc1ccc(NC(=O)CCNc2cc(C)c(Cl)cc2OC)c(OC)c1. The van der Waals surface area contributed by atoms with Gasteiger partial charge in [0, 0.05) is 30.1 Å². The second kappa shape index (κ2) is 9.20. The molecule has 2 aromatic carbocycles. The van der Waals surface area contributed by atoms with Gasteiger partial charge in [0.1, 0.15) is 17.2 Å². The third kappa shape index (κ3) is 4.95. The highest BCUT2D eigenvalue weighted by molar-refractivity contribution is 6.31. The van der Waals surface area contributed by atoms with Gasteiger partial charge in [-0.1, -0.05) is 11.6 Å². The standard InChI is InChI=1S/C19H23ClN2O4/c1-12-9-16(18(26-4)11-14(12)20)21-8-7-19(23)22-15-6-5-13(24-2)10-17(15)25-3/h5-6,9-11,21H,7-8H2,1-4H3,(H,22,23). The van der Waals surface area contributed by atoms with E-state index in [1.165, 1.54) is 0 Å². The first kappa shape index (κ1) is 19.7. The van der Waals surface area contributed by atoms with Crippen LogP contribution in [0.15, 0.2) is 30.3 Å². The molecule has 0 spiro atoms. The summed E-state index contributed by atoms with van der Waals surface area (Å²) in [5.74, 6) is 1.70. The van der Waals surface area contributed by atoms with E-state index in [-0.39, 0.29) is 12.3 Å². The predicted octanol–water partition coefficient (Wildman–Crippen LogP) is 4.11. The first-order chi connectivity index (χ1) is 12.5. The quantitative estimate of drug-likeness (QED) is 0.723. The molecule has 0 saturated carbocycles. The van der Waals surface area contributed by atoms with Crippen molar-refractivity contribution in [1.82, 2.24) is 0 Å². The molecule has 0 aromatic heterocycles. The summed E-state index contributed by atoms with van der Waals surface area (Å²) in [7, 11) is 4.70. The summed E-state index contributed by atoms with van der Waals surface area (Å²) in [4.78, 5) is 12.2. The van der Waals surface area contributed by atoms with E-state index in [1.54, 1.807) is 45.6 Å². The topological polar surface area (TPSA) is 68.8 Å². The zero-order chi connectivity index (χ0) is 19.1. The molecule has 1 amide bonds. The Labute approximate surface area is 158 Å². The highest BCUT2D eigenvalue weighted by Gasteiger charge is 2.10. The van der Waals surface area contributed by atoms with Gasteiger partial charge >= 0.3 is 0 Å². The lowest BCUT2D eigenvalue weighted by Crippen LogP contribution is -2.17.